The van der Waals surface area contributed by atoms with Gasteiger partial charge in [0, 0.05) is 30.9 Å². The fourth-order valence-electron chi connectivity index (χ4n) is 2.72. The number of amides is 1. The summed E-state index contributed by atoms with van der Waals surface area (Å²) in [7, 11) is 5.94. The van der Waals surface area contributed by atoms with Crippen LogP contribution in [-0.4, -0.2) is 41.2 Å². The Morgan fingerprint density at radius 1 is 1.29 bits per heavy atom. The third-order valence-corrected chi connectivity index (χ3v) is 4.24. The summed E-state index contributed by atoms with van der Waals surface area (Å²) in [5.74, 6) is -0.0968. The van der Waals surface area contributed by atoms with Gasteiger partial charge in [0.2, 0.25) is 5.91 Å². The molecule has 5 nitrogen and oxygen atoms in total. The molecule has 1 N–H and O–H groups in total. The molecule has 2 aromatic rings. The first-order chi connectivity index (χ1) is 11.4. The van der Waals surface area contributed by atoms with Crippen molar-refractivity contribution in [3.05, 3.63) is 58.9 Å². The van der Waals surface area contributed by atoms with Crippen molar-refractivity contribution in [2.24, 2.45) is 7.05 Å². The first-order valence-corrected chi connectivity index (χ1v) is 8.07. The summed E-state index contributed by atoms with van der Waals surface area (Å²) in [5, 5.41) is 7.34. The fraction of sp³-hybridized carbons (Fsp3) is 0.368. The standard InChI is InChI=1S/C19H26N4O/c1-14-17(15(2)23(5)21-14)11-12-19(24)20-13-18(22(3)4)16-9-7-6-8-10-16/h6-12,18H,13H2,1-5H3,(H,20,24)/b12-11-/t18-/m0/s1. The summed E-state index contributed by atoms with van der Waals surface area (Å²) in [6, 6.07) is 10.3. The number of benzene rings is 1. The maximum Gasteiger partial charge on any atom is 0.244 e. The Hall–Kier alpha value is -2.40. The molecule has 0 aliphatic carbocycles. The molecule has 0 spiro atoms. The third-order valence-electron chi connectivity index (χ3n) is 4.24. The van der Waals surface area contributed by atoms with Gasteiger partial charge >= 0.3 is 0 Å². The first kappa shape index (κ1) is 17.9. The molecule has 0 bridgehead atoms. The maximum atomic E-state index is 12.2. The van der Waals surface area contributed by atoms with Gasteiger partial charge in [-0.05, 0) is 39.6 Å². The topological polar surface area (TPSA) is 50.2 Å². The van der Waals surface area contributed by atoms with Gasteiger partial charge in [0.25, 0.3) is 0 Å². The summed E-state index contributed by atoms with van der Waals surface area (Å²) < 4.78 is 1.82. The van der Waals surface area contributed by atoms with Crippen LogP contribution in [-0.2, 0) is 11.8 Å². The molecule has 5 heteroatoms. The second kappa shape index (κ2) is 7.93. The van der Waals surface area contributed by atoms with Crippen LogP contribution in [0.3, 0.4) is 0 Å². The van der Waals surface area contributed by atoms with Gasteiger partial charge in [0.1, 0.15) is 0 Å². The number of carbonyl (C=O) groups is 1. The molecule has 0 aliphatic heterocycles. The fourth-order valence-corrected chi connectivity index (χ4v) is 2.72. The zero-order chi connectivity index (χ0) is 17.7. The Bertz CT molecular complexity index is 716. The maximum absolute atomic E-state index is 12.2. The summed E-state index contributed by atoms with van der Waals surface area (Å²) in [6.07, 6.45) is 3.41. The Kier molecular flexibility index (Phi) is 5.93. The number of aromatic nitrogens is 2. The third kappa shape index (κ3) is 4.32. The quantitative estimate of drug-likeness (QED) is 0.830. The number of rotatable bonds is 6. The molecule has 1 amide bonds. The van der Waals surface area contributed by atoms with Crippen molar-refractivity contribution in [1.29, 1.82) is 0 Å². The van der Waals surface area contributed by atoms with E-state index in [0.29, 0.717) is 6.54 Å². The average Bonchev–Trinajstić information content (AvgIpc) is 2.79. The largest absolute Gasteiger partial charge is 0.351 e. The zero-order valence-electron chi connectivity index (χ0n) is 15.1. The lowest BCUT2D eigenvalue weighted by atomic mass is 10.1. The SMILES string of the molecule is Cc1nn(C)c(C)c1/C=C\C(=O)NC[C@@H](c1ccccc1)N(C)C. The van der Waals surface area contributed by atoms with Gasteiger partial charge in [-0.1, -0.05) is 30.3 Å². The number of likely N-dealkylation sites (N-methyl/N-ethyl adjacent to an activating group) is 1. The lowest BCUT2D eigenvalue weighted by Crippen LogP contribution is -2.33. The highest BCUT2D eigenvalue weighted by Gasteiger charge is 2.14. The molecule has 2 rings (SSSR count). The molecular weight excluding hydrogens is 300 g/mol. The normalized spacial score (nSPS) is 12.8. The van der Waals surface area contributed by atoms with E-state index >= 15 is 0 Å². The van der Waals surface area contributed by atoms with E-state index in [1.54, 1.807) is 6.08 Å². The van der Waals surface area contributed by atoms with Gasteiger partial charge in [0.15, 0.2) is 0 Å². The van der Waals surface area contributed by atoms with Crippen molar-refractivity contribution < 1.29 is 4.79 Å². The van der Waals surface area contributed by atoms with Gasteiger partial charge in [-0.15, -0.1) is 0 Å². The van der Waals surface area contributed by atoms with Crippen molar-refractivity contribution in [2.75, 3.05) is 20.6 Å². The van der Waals surface area contributed by atoms with Crippen molar-refractivity contribution in [3.8, 4) is 0 Å². The average molecular weight is 326 g/mol. The Morgan fingerprint density at radius 3 is 2.50 bits per heavy atom. The highest BCUT2D eigenvalue weighted by Crippen LogP contribution is 2.17. The summed E-state index contributed by atoms with van der Waals surface area (Å²) in [4.78, 5) is 14.3. The van der Waals surface area contributed by atoms with E-state index in [1.807, 2.05) is 63.9 Å². The lowest BCUT2D eigenvalue weighted by molar-refractivity contribution is -0.116. The summed E-state index contributed by atoms with van der Waals surface area (Å²) in [5.41, 5.74) is 4.16. The Morgan fingerprint density at radius 2 is 1.96 bits per heavy atom. The number of aryl methyl sites for hydroxylation is 2. The van der Waals surface area contributed by atoms with E-state index in [0.717, 1.165) is 17.0 Å². The summed E-state index contributed by atoms with van der Waals surface area (Å²) in [6.45, 7) is 4.50. The molecule has 1 aromatic heterocycles. The van der Waals surface area contributed by atoms with Crippen molar-refractivity contribution >= 4 is 12.0 Å². The number of nitrogens with zero attached hydrogens (tertiary/aromatic N) is 3. The van der Waals surface area contributed by atoms with Crippen LogP contribution >= 0.6 is 0 Å². The highest BCUT2D eigenvalue weighted by atomic mass is 16.1. The molecular formula is C19H26N4O. The number of hydrogen-bond acceptors (Lipinski definition) is 3. The molecule has 1 atom stereocenters. The van der Waals surface area contributed by atoms with Crippen LogP contribution in [0, 0.1) is 13.8 Å². The van der Waals surface area contributed by atoms with E-state index in [9.17, 15) is 4.79 Å². The van der Waals surface area contributed by atoms with Crippen LogP contribution in [0.25, 0.3) is 6.08 Å². The van der Waals surface area contributed by atoms with Gasteiger partial charge in [-0.2, -0.15) is 5.10 Å². The first-order valence-electron chi connectivity index (χ1n) is 8.07. The molecule has 128 valence electrons. The van der Waals surface area contributed by atoms with Crippen LogP contribution < -0.4 is 5.32 Å². The molecule has 0 aliphatic rings. The van der Waals surface area contributed by atoms with Crippen LogP contribution in [0.15, 0.2) is 36.4 Å². The predicted molar refractivity (Wildman–Crippen MR) is 97.6 cm³/mol. The number of carbonyl (C=O) groups excluding carboxylic acids is 1. The minimum Gasteiger partial charge on any atom is -0.351 e. The molecule has 0 radical (unpaired) electrons. The molecule has 0 unspecified atom stereocenters. The van der Waals surface area contributed by atoms with Crippen molar-refractivity contribution in [1.82, 2.24) is 20.0 Å². The van der Waals surface area contributed by atoms with Gasteiger partial charge in [-0.3, -0.25) is 9.48 Å². The van der Waals surface area contributed by atoms with Crippen molar-refractivity contribution in [3.63, 3.8) is 0 Å². The van der Waals surface area contributed by atoms with E-state index in [1.165, 1.54) is 5.56 Å². The van der Waals surface area contributed by atoms with Crippen LogP contribution in [0.5, 0.6) is 0 Å². The number of nitrogens with one attached hydrogen (secondary N) is 1. The van der Waals surface area contributed by atoms with Crippen molar-refractivity contribution in [2.45, 2.75) is 19.9 Å². The van der Waals surface area contributed by atoms with E-state index in [2.05, 4.69) is 27.4 Å². The minimum atomic E-state index is -0.0968. The molecule has 0 saturated heterocycles. The van der Waals surface area contributed by atoms with Gasteiger partial charge in [-0.25, -0.2) is 0 Å². The van der Waals surface area contributed by atoms with Gasteiger partial charge in [0.05, 0.1) is 11.7 Å². The molecule has 1 aromatic carbocycles. The van der Waals surface area contributed by atoms with E-state index < -0.39 is 0 Å². The lowest BCUT2D eigenvalue weighted by Gasteiger charge is -2.24. The Labute approximate surface area is 144 Å². The Balaban J connectivity index is 2.00. The minimum absolute atomic E-state index is 0.0968. The van der Waals surface area contributed by atoms with E-state index in [-0.39, 0.29) is 11.9 Å². The van der Waals surface area contributed by atoms with Crippen LogP contribution in [0.4, 0.5) is 0 Å². The second-order valence-electron chi connectivity index (χ2n) is 6.18. The second-order valence-corrected chi connectivity index (χ2v) is 6.18. The monoisotopic (exact) mass is 326 g/mol. The number of hydrogen-bond donors (Lipinski definition) is 1. The van der Waals surface area contributed by atoms with Crippen LogP contribution in [0.1, 0.15) is 28.6 Å². The molecule has 24 heavy (non-hydrogen) atoms. The predicted octanol–water partition coefficient (Wildman–Crippen LogP) is 2.47. The van der Waals surface area contributed by atoms with E-state index in [4.69, 9.17) is 0 Å². The van der Waals surface area contributed by atoms with Crippen LogP contribution in [0.2, 0.25) is 0 Å². The van der Waals surface area contributed by atoms with Gasteiger partial charge < -0.3 is 10.2 Å². The molecule has 0 fully saturated rings. The zero-order valence-corrected chi connectivity index (χ0v) is 15.1. The molecule has 0 saturated carbocycles. The highest BCUT2D eigenvalue weighted by molar-refractivity contribution is 5.92. The molecule has 1 heterocycles. The summed E-state index contributed by atoms with van der Waals surface area (Å²) >= 11 is 0. The smallest absolute Gasteiger partial charge is 0.244 e.